The highest BCUT2D eigenvalue weighted by Gasteiger charge is 2.30. The molecule has 0 heterocycles. The Labute approximate surface area is 334 Å². The van der Waals surface area contributed by atoms with Crippen LogP contribution in [0.2, 0.25) is 0 Å². The van der Waals surface area contributed by atoms with Gasteiger partial charge in [-0.05, 0) is 105 Å². The molecule has 57 heavy (non-hydrogen) atoms. The van der Waals surface area contributed by atoms with Gasteiger partial charge in [0.25, 0.3) is 5.91 Å². The fourth-order valence-corrected chi connectivity index (χ4v) is 4.91. The Morgan fingerprint density at radius 3 is 1.89 bits per heavy atom. The summed E-state index contributed by atoms with van der Waals surface area (Å²) in [5.41, 5.74) is -0.878. The molecule has 16 nitrogen and oxygen atoms in total. The van der Waals surface area contributed by atoms with Crippen molar-refractivity contribution in [2.24, 2.45) is 0 Å². The molecule has 0 aliphatic carbocycles. The van der Waals surface area contributed by atoms with E-state index in [1.165, 1.54) is 12.1 Å². The Kier molecular flexibility index (Phi) is 18.5. The van der Waals surface area contributed by atoms with Crippen molar-refractivity contribution in [3.05, 3.63) is 71.3 Å². The Hall–Kier alpha value is -5.67. The van der Waals surface area contributed by atoms with Crippen LogP contribution in [0.4, 0.5) is 9.59 Å². The fourth-order valence-electron chi connectivity index (χ4n) is 4.91. The second-order valence-corrected chi connectivity index (χ2v) is 16.2. The van der Waals surface area contributed by atoms with E-state index in [-0.39, 0.29) is 31.7 Å². The summed E-state index contributed by atoms with van der Waals surface area (Å²) < 4.78 is 21.3. The number of hydrogen-bond donors (Lipinski definition) is 5. The molecule has 0 bridgehead atoms. The van der Waals surface area contributed by atoms with E-state index in [1.807, 2.05) is 30.3 Å². The maximum Gasteiger partial charge on any atom is 0.407 e. The molecule has 2 aromatic rings. The van der Waals surface area contributed by atoms with Crippen molar-refractivity contribution in [3.63, 3.8) is 0 Å². The first kappa shape index (κ1) is 47.5. The molecule has 2 aromatic carbocycles. The first-order valence-corrected chi connectivity index (χ1v) is 18.8. The van der Waals surface area contributed by atoms with Gasteiger partial charge in [0, 0.05) is 18.7 Å². The number of carbonyl (C=O) groups excluding carboxylic acids is 7. The second kappa shape index (κ2) is 22.2. The highest BCUT2D eigenvalue weighted by molar-refractivity contribution is 5.99. The highest BCUT2D eigenvalue weighted by Crippen LogP contribution is 2.14. The van der Waals surface area contributed by atoms with E-state index in [2.05, 4.69) is 26.6 Å². The molecule has 0 unspecified atom stereocenters. The van der Waals surface area contributed by atoms with Crippen molar-refractivity contribution in [1.82, 2.24) is 26.6 Å². The van der Waals surface area contributed by atoms with E-state index in [0.717, 1.165) is 5.56 Å². The van der Waals surface area contributed by atoms with Crippen LogP contribution in [0.25, 0.3) is 0 Å². The van der Waals surface area contributed by atoms with Crippen LogP contribution >= 0.6 is 0 Å². The summed E-state index contributed by atoms with van der Waals surface area (Å²) in [7, 11) is 0. The van der Waals surface area contributed by atoms with Gasteiger partial charge >= 0.3 is 24.1 Å². The van der Waals surface area contributed by atoms with Crippen molar-refractivity contribution < 1.29 is 52.5 Å². The van der Waals surface area contributed by atoms with E-state index >= 15 is 0 Å². The average molecular weight is 798 g/mol. The molecule has 0 radical (unpaired) electrons. The molecule has 0 aromatic heterocycles. The summed E-state index contributed by atoms with van der Waals surface area (Å²) in [4.78, 5) is 89.8. The van der Waals surface area contributed by atoms with Crippen molar-refractivity contribution in [3.8, 4) is 0 Å². The standard InChI is InChI=1S/C41H59N5O11/c1-39(2,3)55-33(48)23-31(46-34(49)29-19-15-18-28(22-29)24-44-38(53)57-41(7,8)9)35(50)43-25-32(47)45-30(36(51)56-40(4,5)6)20-13-14-21-42-37(52)54-26-27-16-11-10-12-17-27/h10-12,15-19,22,30-31H,13-14,20-21,23-26H2,1-9H3,(H,42,52)(H,43,50)(H,44,53)(H,45,47)(H,46,49)/t30-,31-/m0/s1. The molecule has 0 spiro atoms. The largest absolute Gasteiger partial charge is 0.460 e. The molecule has 16 heteroatoms. The first-order valence-electron chi connectivity index (χ1n) is 18.8. The van der Waals surface area contributed by atoms with Crippen molar-refractivity contribution in [2.75, 3.05) is 13.1 Å². The highest BCUT2D eigenvalue weighted by atomic mass is 16.6. The van der Waals surface area contributed by atoms with E-state index < -0.39 is 83.7 Å². The topological polar surface area (TPSA) is 217 Å². The van der Waals surface area contributed by atoms with Gasteiger partial charge in [0.15, 0.2) is 0 Å². The fraction of sp³-hybridized carbons (Fsp3) is 0.537. The summed E-state index contributed by atoms with van der Waals surface area (Å²) in [5, 5.41) is 12.8. The lowest BCUT2D eigenvalue weighted by molar-refractivity contribution is -0.159. The van der Waals surface area contributed by atoms with Gasteiger partial charge in [-0.1, -0.05) is 42.5 Å². The van der Waals surface area contributed by atoms with Crippen molar-refractivity contribution in [2.45, 2.75) is 130 Å². The van der Waals surface area contributed by atoms with Gasteiger partial charge in [-0.2, -0.15) is 0 Å². The number of ether oxygens (including phenoxy) is 4. The smallest absolute Gasteiger partial charge is 0.407 e. The van der Waals surface area contributed by atoms with E-state index in [9.17, 15) is 33.6 Å². The van der Waals surface area contributed by atoms with Crippen LogP contribution in [-0.4, -0.2) is 83.8 Å². The lowest BCUT2D eigenvalue weighted by Gasteiger charge is -2.25. The summed E-state index contributed by atoms with van der Waals surface area (Å²) in [6, 6.07) is 13.0. The zero-order valence-corrected chi connectivity index (χ0v) is 34.5. The molecule has 314 valence electrons. The third-order valence-electron chi connectivity index (χ3n) is 7.29. The lowest BCUT2D eigenvalue weighted by Crippen LogP contribution is -2.52. The monoisotopic (exact) mass is 797 g/mol. The van der Waals surface area contributed by atoms with Gasteiger partial charge in [0.05, 0.1) is 13.0 Å². The zero-order valence-electron chi connectivity index (χ0n) is 34.5. The molecular formula is C41H59N5O11. The minimum Gasteiger partial charge on any atom is -0.460 e. The molecule has 0 aliphatic heterocycles. The molecule has 0 aliphatic rings. The number of hydrogen-bond acceptors (Lipinski definition) is 11. The summed E-state index contributed by atoms with van der Waals surface area (Å²) in [6.45, 7) is 15.0. The molecular weight excluding hydrogens is 738 g/mol. The zero-order chi connectivity index (χ0) is 42.8. The van der Waals surface area contributed by atoms with Gasteiger partial charge < -0.3 is 45.5 Å². The normalized spacial score (nSPS) is 12.5. The molecule has 0 saturated heterocycles. The van der Waals surface area contributed by atoms with Crippen molar-refractivity contribution in [1.29, 1.82) is 0 Å². The SMILES string of the molecule is CC(C)(C)OC(=O)C[C@H](NC(=O)c1cccc(CNC(=O)OC(C)(C)C)c1)C(=O)NCC(=O)N[C@@H](CCCCNC(=O)OCc1ccccc1)C(=O)OC(C)(C)C. The third-order valence-corrected chi connectivity index (χ3v) is 7.29. The predicted molar refractivity (Wildman–Crippen MR) is 210 cm³/mol. The Bertz CT molecular complexity index is 1680. The Morgan fingerprint density at radius 2 is 1.26 bits per heavy atom. The maximum absolute atomic E-state index is 13.4. The third kappa shape index (κ3) is 21.3. The minimum atomic E-state index is -1.45. The quantitative estimate of drug-likeness (QED) is 0.0799. The molecule has 5 N–H and O–H groups in total. The lowest BCUT2D eigenvalue weighted by atomic mass is 10.1. The van der Waals surface area contributed by atoms with Gasteiger partial charge in [-0.25, -0.2) is 14.4 Å². The van der Waals surface area contributed by atoms with Crippen LogP contribution in [-0.2, 0) is 51.3 Å². The summed E-state index contributed by atoms with van der Waals surface area (Å²) in [6.07, 6.45) is -0.740. The minimum absolute atomic E-state index is 0.0535. The first-order chi connectivity index (χ1) is 26.5. The average Bonchev–Trinajstić information content (AvgIpc) is 3.09. The number of amides is 5. The van der Waals surface area contributed by atoms with Crippen LogP contribution in [0.1, 0.15) is 109 Å². The second-order valence-electron chi connectivity index (χ2n) is 16.2. The number of unbranched alkanes of at least 4 members (excludes halogenated alkanes) is 1. The number of esters is 2. The van der Waals surface area contributed by atoms with Gasteiger partial charge in [0.2, 0.25) is 11.8 Å². The Balaban J connectivity index is 2.03. The number of nitrogens with one attached hydrogen (secondary N) is 5. The molecule has 0 fully saturated rings. The summed E-state index contributed by atoms with van der Waals surface area (Å²) in [5.74, 6) is -3.74. The van der Waals surface area contributed by atoms with Crippen LogP contribution in [0.5, 0.6) is 0 Å². The molecule has 5 amide bonds. The molecule has 2 rings (SSSR count). The molecule has 2 atom stereocenters. The van der Waals surface area contributed by atoms with Crippen LogP contribution < -0.4 is 26.6 Å². The predicted octanol–water partition coefficient (Wildman–Crippen LogP) is 4.58. The van der Waals surface area contributed by atoms with Crippen LogP contribution in [0, 0.1) is 0 Å². The van der Waals surface area contributed by atoms with Gasteiger partial charge in [0.1, 0.15) is 35.5 Å². The number of benzene rings is 2. The van der Waals surface area contributed by atoms with E-state index in [1.54, 1.807) is 74.4 Å². The number of rotatable bonds is 18. The maximum atomic E-state index is 13.4. The van der Waals surface area contributed by atoms with Gasteiger partial charge in [-0.15, -0.1) is 0 Å². The summed E-state index contributed by atoms with van der Waals surface area (Å²) >= 11 is 0. The number of carbonyl (C=O) groups is 7. The molecule has 0 saturated carbocycles. The van der Waals surface area contributed by atoms with Crippen molar-refractivity contribution >= 4 is 41.8 Å². The van der Waals surface area contributed by atoms with E-state index in [0.29, 0.717) is 18.4 Å². The van der Waals surface area contributed by atoms with Crippen LogP contribution in [0.15, 0.2) is 54.6 Å². The van der Waals surface area contributed by atoms with Gasteiger partial charge in [-0.3, -0.25) is 19.2 Å². The Morgan fingerprint density at radius 1 is 0.632 bits per heavy atom. The van der Waals surface area contributed by atoms with Crippen LogP contribution in [0.3, 0.4) is 0 Å². The van der Waals surface area contributed by atoms with E-state index in [4.69, 9.17) is 18.9 Å². The number of alkyl carbamates (subject to hydrolysis) is 2.